The molecule has 1 aromatic rings. The van der Waals surface area contributed by atoms with E-state index in [0.29, 0.717) is 38.3 Å². The van der Waals surface area contributed by atoms with Gasteiger partial charge in [0.1, 0.15) is 6.10 Å². The van der Waals surface area contributed by atoms with Gasteiger partial charge in [-0.2, -0.15) is 0 Å². The van der Waals surface area contributed by atoms with Crippen LogP contribution in [0.25, 0.3) is 0 Å². The Bertz CT molecular complexity index is 619. The van der Waals surface area contributed by atoms with Gasteiger partial charge in [0.15, 0.2) is 6.23 Å². The van der Waals surface area contributed by atoms with E-state index in [1.807, 2.05) is 23.1 Å². The number of hydrogen-bond donors (Lipinski definition) is 0. The Morgan fingerprint density at radius 1 is 1.13 bits per heavy atom. The predicted octanol–water partition coefficient (Wildman–Crippen LogP) is 1.18. The van der Waals surface area contributed by atoms with Gasteiger partial charge >= 0.3 is 5.97 Å². The Hall–Kier alpha value is -1.92. The monoisotopic (exact) mass is 316 g/mol. The van der Waals surface area contributed by atoms with Crippen LogP contribution in [0.15, 0.2) is 24.3 Å². The van der Waals surface area contributed by atoms with Crippen LogP contribution >= 0.6 is 0 Å². The van der Waals surface area contributed by atoms with Gasteiger partial charge in [0.05, 0.1) is 5.56 Å². The topological polar surface area (TPSA) is 59.1 Å². The average molecular weight is 316 g/mol. The van der Waals surface area contributed by atoms with E-state index in [2.05, 4.69) is 4.90 Å². The van der Waals surface area contributed by atoms with Crippen molar-refractivity contribution in [2.75, 3.05) is 32.8 Å². The lowest BCUT2D eigenvalue weighted by Crippen LogP contribution is -2.52. The van der Waals surface area contributed by atoms with Crippen molar-refractivity contribution >= 4 is 11.9 Å². The summed E-state index contributed by atoms with van der Waals surface area (Å²) in [6.07, 6.45) is 1.21. The number of carbonyl (C=O) groups is 2. The number of piperazine rings is 1. The molecular formula is C17H20N2O4. The molecule has 4 rings (SSSR count). The molecule has 0 aromatic heterocycles. The quantitative estimate of drug-likeness (QED) is 0.767. The van der Waals surface area contributed by atoms with Crippen LogP contribution in [0.5, 0.6) is 0 Å². The summed E-state index contributed by atoms with van der Waals surface area (Å²) in [5, 5.41) is 0. The Kier molecular flexibility index (Phi) is 3.79. The van der Waals surface area contributed by atoms with Crippen LogP contribution in [0.2, 0.25) is 0 Å². The summed E-state index contributed by atoms with van der Waals surface area (Å²) in [6.45, 7) is 3.38. The summed E-state index contributed by atoms with van der Waals surface area (Å²) in [5.74, 6) is -0.158. The first-order valence-corrected chi connectivity index (χ1v) is 8.18. The molecule has 1 aromatic carbocycles. The second-order valence-corrected chi connectivity index (χ2v) is 6.21. The van der Waals surface area contributed by atoms with Gasteiger partial charge in [0, 0.05) is 38.3 Å². The Morgan fingerprint density at radius 3 is 2.65 bits per heavy atom. The number of esters is 1. The molecule has 3 aliphatic rings. The molecule has 6 heteroatoms. The van der Waals surface area contributed by atoms with E-state index in [4.69, 9.17) is 9.47 Å². The third kappa shape index (κ3) is 2.62. The van der Waals surface area contributed by atoms with Crippen LogP contribution < -0.4 is 0 Å². The third-order valence-electron chi connectivity index (χ3n) is 4.83. The fourth-order valence-corrected chi connectivity index (χ4v) is 3.55. The maximum Gasteiger partial charge on any atom is 0.340 e. The molecule has 6 nitrogen and oxygen atoms in total. The molecule has 1 amide bonds. The van der Waals surface area contributed by atoms with Gasteiger partial charge in [-0.1, -0.05) is 18.2 Å². The van der Waals surface area contributed by atoms with Gasteiger partial charge in [-0.05, 0) is 18.9 Å². The maximum atomic E-state index is 12.4. The van der Waals surface area contributed by atoms with Crippen LogP contribution in [-0.4, -0.2) is 60.6 Å². The van der Waals surface area contributed by atoms with E-state index in [1.54, 1.807) is 6.07 Å². The van der Waals surface area contributed by atoms with Crippen molar-refractivity contribution in [3.63, 3.8) is 0 Å². The van der Waals surface area contributed by atoms with Crippen molar-refractivity contribution < 1.29 is 19.1 Å². The van der Waals surface area contributed by atoms with Gasteiger partial charge in [-0.3, -0.25) is 9.69 Å². The number of fused-ring (bicyclic) bond motifs is 1. The standard InChI is InChI=1S/C17H20N2O4/c20-15(14-6-3-11-22-14)18-7-9-19(10-8-18)16-12-4-1-2-5-13(12)17(21)23-16/h1-2,4-5,14,16H,3,6-11H2/t14-,16-/m1/s1. The van der Waals surface area contributed by atoms with E-state index in [0.717, 1.165) is 18.4 Å². The number of cyclic esters (lactones) is 1. The first-order chi connectivity index (χ1) is 11.2. The molecule has 2 saturated heterocycles. The van der Waals surface area contributed by atoms with Crippen molar-refractivity contribution in [3.05, 3.63) is 35.4 Å². The number of nitrogens with zero attached hydrogens (tertiary/aromatic N) is 2. The largest absolute Gasteiger partial charge is 0.438 e. The minimum absolute atomic E-state index is 0.103. The second kappa shape index (κ2) is 5.94. The highest BCUT2D eigenvalue weighted by molar-refractivity contribution is 5.93. The summed E-state index contributed by atoms with van der Waals surface area (Å²) in [5.41, 5.74) is 1.58. The van der Waals surface area contributed by atoms with Crippen molar-refractivity contribution in [2.24, 2.45) is 0 Å². The first-order valence-electron chi connectivity index (χ1n) is 8.18. The zero-order chi connectivity index (χ0) is 15.8. The molecule has 0 saturated carbocycles. The minimum atomic E-state index is -0.321. The highest BCUT2D eigenvalue weighted by Crippen LogP contribution is 2.33. The Labute approximate surface area is 134 Å². The lowest BCUT2D eigenvalue weighted by Gasteiger charge is -2.37. The van der Waals surface area contributed by atoms with E-state index < -0.39 is 0 Å². The van der Waals surface area contributed by atoms with Crippen LogP contribution in [0, 0.1) is 0 Å². The summed E-state index contributed by atoms with van der Waals surface area (Å²) in [6, 6.07) is 7.51. The summed E-state index contributed by atoms with van der Waals surface area (Å²) in [4.78, 5) is 28.3. The van der Waals surface area contributed by atoms with Crippen molar-refractivity contribution in [2.45, 2.75) is 25.2 Å². The SMILES string of the molecule is O=C1O[C@@H](N2CCN(C(=O)[C@H]3CCCO3)CC2)c2ccccc21. The van der Waals surface area contributed by atoms with Crippen LogP contribution in [-0.2, 0) is 14.3 Å². The highest BCUT2D eigenvalue weighted by Gasteiger charge is 2.37. The molecule has 0 unspecified atom stereocenters. The van der Waals surface area contributed by atoms with Crippen LogP contribution in [0.1, 0.15) is 35.0 Å². The molecule has 3 aliphatic heterocycles. The highest BCUT2D eigenvalue weighted by atomic mass is 16.6. The molecular weight excluding hydrogens is 296 g/mol. The zero-order valence-corrected chi connectivity index (χ0v) is 12.9. The fourth-order valence-electron chi connectivity index (χ4n) is 3.55. The van der Waals surface area contributed by atoms with Gasteiger partial charge in [0.2, 0.25) is 0 Å². The molecule has 122 valence electrons. The van der Waals surface area contributed by atoms with Gasteiger partial charge in [0.25, 0.3) is 5.91 Å². The predicted molar refractivity (Wildman–Crippen MR) is 81.7 cm³/mol. The van der Waals surface area contributed by atoms with Crippen molar-refractivity contribution in [1.29, 1.82) is 0 Å². The third-order valence-corrected chi connectivity index (χ3v) is 4.83. The molecule has 0 N–H and O–H groups in total. The van der Waals surface area contributed by atoms with E-state index >= 15 is 0 Å². The average Bonchev–Trinajstić information content (AvgIpc) is 3.23. The summed E-state index contributed by atoms with van der Waals surface area (Å²) >= 11 is 0. The number of rotatable bonds is 2. The zero-order valence-electron chi connectivity index (χ0n) is 12.9. The van der Waals surface area contributed by atoms with Gasteiger partial charge in [-0.15, -0.1) is 0 Å². The van der Waals surface area contributed by atoms with Gasteiger partial charge < -0.3 is 14.4 Å². The Balaban J connectivity index is 1.40. The molecule has 23 heavy (non-hydrogen) atoms. The lowest BCUT2D eigenvalue weighted by molar-refractivity contribution is -0.144. The molecule has 2 fully saturated rings. The molecule has 0 aliphatic carbocycles. The molecule has 0 bridgehead atoms. The molecule has 0 radical (unpaired) electrons. The minimum Gasteiger partial charge on any atom is -0.438 e. The van der Waals surface area contributed by atoms with Gasteiger partial charge in [-0.25, -0.2) is 4.79 Å². The van der Waals surface area contributed by atoms with E-state index in [1.165, 1.54) is 0 Å². The molecule has 0 spiro atoms. The first kappa shape index (κ1) is 14.7. The molecule has 3 heterocycles. The Morgan fingerprint density at radius 2 is 1.91 bits per heavy atom. The maximum absolute atomic E-state index is 12.4. The number of hydrogen-bond acceptors (Lipinski definition) is 5. The fraction of sp³-hybridized carbons (Fsp3) is 0.529. The van der Waals surface area contributed by atoms with Crippen molar-refractivity contribution in [3.8, 4) is 0 Å². The smallest absolute Gasteiger partial charge is 0.340 e. The second-order valence-electron chi connectivity index (χ2n) is 6.21. The molecule has 2 atom stereocenters. The number of benzene rings is 1. The van der Waals surface area contributed by atoms with Crippen LogP contribution in [0.3, 0.4) is 0 Å². The summed E-state index contributed by atoms with van der Waals surface area (Å²) in [7, 11) is 0. The van der Waals surface area contributed by atoms with Crippen molar-refractivity contribution in [1.82, 2.24) is 9.80 Å². The number of ether oxygens (including phenoxy) is 2. The number of amides is 1. The lowest BCUT2D eigenvalue weighted by atomic mass is 10.1. The number of carbonyl (C=O) groups excluding carboxylic acids is 2. The summed E-state index contributed by atoms with van der Waals surface area (Å²) < 4.78 is 11.0. The van der Waals surface area contributed by atoms with E-state index in [9.17, 15) is 9.59 Å². The normalized spacial score (nSPS) is 27.8. The van der Waals surface area contributed by atoms with E-state index in [-0.39, 0.29) is 24.2 Å². The van der Waals surface area contributed by atoms with Crippen LogP contribution in [0.4, 0.5) is 0 Å².